The van der Waals surface area contributed by atoms with E-state index in [0.717, 1.165) is 13.0 Å². The second kappa shape index (κ2) is 4.07. The van der Waals surface area contributed by atoms with E-state index >= 15 is 0 Å². The minimum absolute atomic E-state index is 0.0362. The maximum Gasteiger partial charge on any atom is 0.240 e. The molecule has 0 aliphatic carbocycles. The number of hydrogen-bond donors (Lipinski definition) is 1. The lowest BCUT2D eigenvalue weighted by molar-refractivity contribution is -0.131. The summed E-state index contributed by atoms with van der Waals surface area (Å²) >= 11 is 0. The third-order valence-corrected chi connectivity index (χ3v) is 2.00. The van der Waals surface area contributed by atoms with E-state index in [9.17, 15) is 4.79 Å². The molecule has 0 saturated carbocycles. The van der Waals surface area contributed by atoms with Crippen LogP contribution in [-0.4, -0.2) is 36.5 Å². The Kier molecular flexibility index (Phi) is 3.06. The molecule has 4 heteroatoms. The van der Waals surface area contributed by atoms with Gasteiger partial charge in [-0.2, -0.15) is 5.26 Å². The van der Waals surface area contributed by atoms with Crippen LogP contribution in [0.3, 0.4) is 0 Å². The van der Waals surface area contributed by atoms with E-state index in [0.29, 0.717) is 6.54 Å². The van der Waals surface area contributed by atoms with Gasteiger partial charge < -0.3 is 10.2 Å². The normalized spacial score (nSPS) is 24.8. The van der Waals surface area contributed by atoms with Crippen molar-refractivity contribution in [2.45, 2.75) is 19.4 Å². The lowest BCUT2D eigenvalue weighted by atomic mass is 10.3. The minimum atomic E-state index is -0.138. The standard InChI is InChI=1S/C8H13N3O/c1-7-8(12)11(6-3-9)5-2-4-10-7/h7,10H,2,4-6H2,1H3. The third kappa shape index (κ3) is 1.95. The molecule has 1 unspecified atom stereocenters. The average Bonchev–Trinajstić information content (AvgIpc) is 2.20. The van der Waals surface area contributed by atoms with Crippen molar-refractivity contribution in [3.8, 4) is 6.07 Å². The number of amides is 1. The van der Waals surface area contributed by atoms with Gasteiger partial charge in [0.1, 0.15) is 6.54 Å². The molecule has 12 heavy (non-hydrogen) atoms. The molecule has 1 N–H and O–H groups in total. The molecule has 1 fully saturated rings. The fourth-order valence-corrected chi connectivity index (χ4v) is 1.30. The molecular weight excluding hydrogens is 154 g/mol. The molecule has 1 aliphatic rings. The summed E-state index contributed by atoms with van der Waals surface area (Å²) < 4.78 is 0. The zero-order valence-electron chi connectivity index (χ0n) is 7.21. The SMILES string of the molecule is CC1NCCCN(CC#N)C1=O. The van der Waals surface area contributed by atoms with E-state index in [1.807, 2.05) is 13.0 Å². The van der Waals surface area contributed by atoms with Gasteiger partial charge in [-0.05, 0) is 19.9 Å². The Morgan fingerprint density at radius 3 is 3.25 bits per heavy atom. The van der Waals surface area contributed by atoms with Crippen LogP contribution < -0.4 is 5.32 Å². The van der Waals surface area contributed by atoms with Gasteiger partial charge in [-0.1, -0.05) is 0 Å². The first kappa shape index (κ1) is 9.01. The van der Waals surface area contributed by atoms with E-state index in [4.69, 9.17) is 5.26 Å². The maximum absolute atomic E-state index is 11.4. The molecule has 1 heterocycles. The molecule has 0 aromatic rings. The number of hydrogen-bond acceptors (Lipinski definition) is 3. The number of nitrogens with one attached hydrogen (secondary N) is 1. The van der Waals surface area contributed by atoms with Gasteiger partial charge in [-0.3, -0.25) is 4.79 Å². The zero-order chi connectivity index (χ0) is 8.97. The highest BCUT2D eigenvalue weighted by Crippen LogP contribution is 2.00. The molecule has 0 spiro atoms. The fourth-order valence-electron chi connectivity index (χ4n) is 1.30. The number of rotatable bonds is 1. The van der Waals surface area contributed by atoms with Crippen molar-refractivity contribution in [1.29, 1.82) is 5.26 Å². The molecular formula is C8H13N3O. The maximum atomic E-state index is 11.4. The first-order valence-electron chi connectivity index (χ1n) is 4.15. The number of carbonyl (C=O) groups is 1. The van der Waals surface area contributed by atoms with Crippen LogP contribution in [0.2, 0.25) is 0 Å². The monoisotopic (exact) mass is 167 g/mol. The summed E-state index contributed by atoms with van der Waals surface area (Å²) in [7, 11) is 0. The molecule has 1 atom stereocenters. The second-order valence-corrected chi connectivity index (χ2v) is 2.95. The van der Waals surface area contributed by atoms with E-state index in [1.54, 1.807) is 4.90 Å². The van der Waals surface area contributed by atoms with Crippen LogP contribution in [0.1, 0.15) is 13.3 Å². The van der Waals surface area contributed by atoms with Crippen molar-refractivity contribution in [1.82, 2.24) is 10.2 Å². The van der Waals surface area contributed by atoms with Gasteiger partial charge in [0, 0.05) is 6.54 Å². The third-order valence-electron chi connectivity index (χ3n) is 2.00. The van der Waals surface area contributed by atoms with Crippen molar-refractivity contribution >= 4 is 5.91 Å². The molecule has 1 rings (SSSR count). The Hall–Kier alpha value is -1.08. The van der Waals surface area contributed by atoms with Gasteiger partial charge in [-0.15, -0.1) is 0 Å². The average molecular weight is 167 g/mol. The molecule has 0 bridgehead atoms. The van der Waals surface area contributed by atoms with Crippen molar-refractivity contribution in [2.75, 3.05) is 19.6 Å². The van der Waals surface area contributed by atoms with Crippen molar-refractivity contribution in [3.05, 3.63) is 0 Å². The first-order valence-corrected chi connectivity index (χ1v) is 4.15. The number of nitriles is 1. The lowest BCUT2D eigenvalue weighted by Gasteiger charge is -2.18. The lowest BCUT2D eigenvalue weighted by Crippen LogP contribution is -2.41. The summed E-state index contributed by atoms with van der Waals surface area (Å²) in [5.74, 6) is 0.0362. The summed E-state index contributed by atoms with van der Waals surface area (Å²) in [6.45, 7) is 3.60. The van der Waals surface area contributed by atoms with Crippen LogP contribution in [-0.2, 0) is 4.79 Å². The van der Waals surface area contributed by atoms with E-state index in [2.05, 4.69) is 5.32 Å². The highest BCUT2D eigenvalue weighted by atomic mass is 16.2. The van der Waals surface area contributed by atoms with Crippen molar-refractivity contribution in [2.24, 2.45) is 0 Å². The predicted octanol–water partition coefficient (Wildman–Crippen LogP) is -0.280. The summed E-state index contributed by atoms with van der Waals surface area (Å²) in [5, 5.41) is 11.5. The molecule has 1 saturated heterocycles. The Morgan fingerprint density at radius 2 is 2.58 bits per heavy atom. The number of carbonyl (C=O) groups excluding carboxylic acids is 1. The van der Waals surface area contributed by atoms with Crippen LogP contribution in [0.5, 0.6) is 0 Å². The van der Waals surface area contributed by atoms with Crippen molar-refractivity contribution in [3.63, 3.8) is 0 Å². The summed E-state index contributed by atoms with van der Waals surface area (Å²) in [6, 6.07) is 1.86. The Bertz CT molecular complexity index is 209. The quantitative estimate of drug-likeness (QED) is 0.546. The van der Waals surface area contributed by atoms with Gasteiger partial charge >= 0.3 is 0 Å². The van der Waals surface area contributed by atoms with Crippen molar-refractivity contribution < 1.29 is 4.79 Å². The van der Waals surface area contributed by atoms with Gasteiger partial charge in [0.2, 0.25) is 5.91 Å². The highest BCUT2D eigenvalue weighted by Gasteiger charge is 2.21. The number of nitrogens with zero attached hydrogens (tertiary/aromatic N) is 2. The summed E-state index contributed by atoms with van der Waals surface area (Å²) in [4.78, 5) is 13.0. The molecule has 4 nitrogen and oxygen atoms in total. The van der Waals surface area contributed by atoms with Gasteiger partial charge in [0.05, 0.1) is 12.1 Å². The Labute approximate surface area is 72.2 Å². The molecule has 66 valence electrons. The topological polar surface area (TPSA) is 56.1 Å². The molecule has 0 aromatic carbocycles. The van der Waals surface area contributed by atoms with Gasteiger partial charge in [-0.25, -0.2) is 0 Å². The van der Waals surface area contributed by atoms with Crippen LogP contribution in [0, 0.1) is 11.3 Å². The van der Waals surface area contributed by atoms with E-state index < -0.39 is 0 Å². The molecule has 0 radical (unpaired) electrons. The highest BCUT2D eigenvalue weighted by molar-refractivity contribution is 5.81. The second-order valence-electron chi connectivity index (χ2n) is 2.95. The van der Waals surface area contributed by atoms with E-state index in [-0.39, 0.29) is 18.5 Å². The van der Waals surface area contributed by atoms with Crippen LogP contribution in [0.4, 0.5) is 0 Å². The van der Waals surface area contributed by atoms with Crippen LogP contribution >= 0.6 is 0 Å². The smallest absolute Gasteiger partial charge is 0.240 e. The fraction of sp³-hybridized carbons (Fsp3) is 0.750. The Balaban J connectivity index is 2.59. The van der Waals surface area contributed by atoms with E-state index in [1.165, 1.54) is 0 Å². The van der Waals surface area contributed by atoms with Gasteiger partial charge in [0.25, 0.3) is 0 Å². The van der Waals surface area contributed by atoms with Crippen LogP contribution in [0.25, 0.3) is 0 Å². The minimum Gasteiger partial charge on any atom is -0.328 e. The summed E-state index contributed by atoms with van der Waals surface area (Å²) in [6.07, 6.45) is 0.928. The zero-order valence-corrected chi connectivity index (χ0v) is 7.21. The Morgan fingerprint density at radius 1 is 1.83 bits per heavy atom. The predicted molar refractivity (Wildman–Crippen MR) is 44.3 cm³/mol. The molecule has 1 aliphatic heterocycles. The molecule has 1 amide bonds. The van der Waals surface area contributed by atoms with Crippen LogP contribution in [0.15, 0.2) is 0 Å². The van der Waals surface area contributed by atoms with Gasteiger partial charge in [0.15, 0.2) is 0 Å². The molecule has 0 aromatic heterocycles. The largest absolute Gasteiger partial charge is 0.328 e. The first-order chi connectivity index (χ1) is 5.75. The summed E-state index contributed by atoms with van der Waals surface area (Å²) in [5.41, 5.74) is 0.